The Balaban J connectivity index is 1.70. The summed E-state index contributed by atoms with van der Waals surface area (Å²) in [6.45, 7) is 2.89. The number of amides is 1. The van der Waals surface area contributed by atoms with Crippen molar-refractivity contribution in [2.45, 2.75) is 25.4 Å². The maximum atomic E-state index is 11.8. The molecule has 0 radical (unpaired) electrons. The second-order valence-corrected chi connectivity index (χ2v) is 4.90. The van der Waals surface area contributed by atoms with Crippen LogP contribution in [0.4, 0.5) is 0 Å². The zero-order chi connectivity index (χ0) is 10.8. The van der Waals surface area contributed by atoms with Crippen LogP contribution in [0.5, 0.6) is 0 Å². The van der Waals surface area contributed by atoms with Gasteiger partial charge >= 0.3 is 0 Å². The molecule has 1 amide bonds. The molecule has 2 fully saturated rings. The molecule has 1 N–H and O–H groups in total. The first kappa shape index (κ1) is 10.9. The Morgan fingerprint density at radius 1 is 1.47 bits per heavy atom. The minimum Gasteiger partial charge on any atom is -0.392 e. The van der Waals surface area contributed by atoms with Crippen LogP contribution in [0.25, 0.3) is 0 Å². The minimum atomic E-state index is -0.230. The number of nitrogens with zero attached hydrogens (tertiary/aromatic N) is 2. The normalized spacial score (nSPS) is 26.9. The first-order chi connectivity index (χ1) is 7.15. The Morgan fingerprint density at radius 3 is 2.73 bits per heavy atom. The van der Waals surface area contributed by atoms with E-state index in [1.165, 1.54) is 12.8 Å². The zero-order valence-electron chi connectivity index (χ0n) is 9.35. The molecule has 2 aliphatic rings. The Labute approximate surface area is 90.9 Å². The van der Waals surface area contributed by atoms with Gasteiger partial charge < -0.3 is 10.0 Å². The third-order valence-electron chi connectivity index (χ3n) is 3.26. The van der Waals surface area contributed by atoms with Gasteiger partial charge in [-0.15, -0.1) is 0 Å². The van der Waals surface area contributed by atoms with E-state index in [4.69, 9.17) is 0 Å². The van der Waals surface area contributed by atoms with E-state index >= 15 is 0 Å². The summed E-state index contributed by atoms with van der Waals surface area (Å²) in [4.78, 5) is 15.6. The molecular formula is C11H20N2O2. The van der Waals surface area contributed by atoms with E-state index in [0.717, 1.165) is 25.4 Å². The van der Waals surface area contributed by atoms with E-state index in [-0.39, 0.29) is 12.0 Å². The number of carbonyl (C=O) groups excluding carboxylic acids is 1. The molecule has 1 heterocycles. The summed E-state index contributed by atoms with van der Waals surface area (Å²) in [6.07, 6.45) is 3.13. The van der Waals surface area contributed by atoms with Gasteiger partial charge in [0.1, 0.15) is 0 Å². The first-order valence-corrected chi connectivity index (χ1v) is 5.79. The number of hydrogen-bond acceptors (Lipinski definition) is 3. The van der Waals surface area contributed by atoms with Gasteiger partial charge in [0, 0.05) is 26.7 Å². The van der Waals surface area contributed by atoms with Crippen LogP contribution in [0.3, 0.4) is 0 Å². The quantitative estimate of drug-likeness (QED) is 0.709. The monoisotopic (exact) mass is 212 g/mol. The predicted octanol–water partition coefficient (Wildman–Crippen LogP) is -0.0786. The van der Waals surface area contributed by atoms with E-state index in [1.807, 2.05) is 16.8 Å². The van der Waals surface area contributed by atoms with Crippen molar-refractivity contribution in [1.82, 2.24) is 9.80 Å². The van der Waals surface area contributed by atoms with Crippen LogP contribution in [0, 0.1) is 5.92 Å². The van der Waals surface area contributed by atoms with Crippen molar-refractivity contribution in [3.8, 4) is 0 Å². The summed E-state index contributed by atoms with van der Waals surface area (Å²) < 4.78 is 0. The molecule has 0 unspecified atom stereocenters. The maximum Gasteiger partial charge on any atom is 0.236 e. The van der Waals surface area contributed by atoms with Crippen LogP contribution in [-0.4, -0.2) is 60.1 Å². The maximum absolute atomic E-state index is 11.8. The van der Waals surface area contributed by atoms with Gasteiger partial charge in [0.05, 0.1) is 12.6 Å². The van der Waals surface area contributed by atoms with E-state index in [2.05, 4.69) is 0 Å². The van der Waals surface area contributed by atoms with E-state index in [0.29, 0.717) is 13.1 Å². The van der Waals surface area contributed by atoms with Crippen LogP contribution in [0.15, 0.2) is 0 Å². The van der Waals surface area contributed by atoms with Gasteiger partial charge in [-0.05, 0) is 25.2 Å². The number of β-amino-alcohol motifs (C(OH)–C–C–N with tert-alkyl or cyclic N) is 1. The van der Waals surface area contributed by atoms with E-state index in [1.54, 1.807) is 0 Å². The number of hydrogen-bond donors (Lipinski definition) is 1. The standard InChI is InChI=1S/C11H20N2O2/c1-12(6-9-2-3-9)11(15)8-13-5-4-10(14)7-13/h9-10,14H,2-8H2,1H3/t10-/m0/s1. The molecule has 0 aromatic rings. The Bertz CT molecular complexity index is 241. The topological polar surface area (TPSA) is 43.8 Å². The summed E-state index contributed by atoms with van der Waals surface area (Å²) in [5, 5.41) is 9.34. The first-order valence-electron chi connectivity index (χ1n) is 5.79. The lowest BCUT2D eigenvalue weighted by atomic mass is 10.3. The minimum absolute atomic E-state index is 0.191. The fraction of sp³-hybridized carbons (Fsp3) is 0.909. The van der Waals surface area contributed by atoms with E-state index in [9.17, 15) is 9.90 Å². The van der Waals surface area contributed by atoms with Gasteiger partial charge in [0.25, 0.3) is 0 Å². The molecule has 4 heteroatoms. The van der Waals surface area contributed by atoms with Crippen molar-refractivity contribution in [3.63, 3.8) is 0 Å². The molecule has 1 aliphatic carbocycles. The molecule has 1 aliphatic heterocycles. The highest BCUT2D eigenvalue weighted by atomic mass is 16.3. The smallest absolute Gasteiger partial charge is 0.236 e. The SMILES string of the molecule is CN(CC1CC1)C(=O)CN1CC[C@H](O)C1. The average molecular weight is 212 g/mol. The van der Waals surface area contributed by atoms with Gasteiger partial charge in [-0.2, -0.15) is 0 Å². The molecule has 1 saturated carbocycles. The van der Waals surface area contributed by atoms with Gasteiger partial charge in [-0.3, -0.25) is 9.69 Å². The average Bonchev–Trinajstić information content (AvgIpc) is 2.90. The predicted molar refractivity (Wildman–Crippen MR) is 57.4 cm³/mol. The van der Waals surface area contributed by atoms with Crippen molar-refractivity contribution in [2.75, 3.05) is 33.2 Å². The molecule has 2 rings (SSSR count). The summed E-state index contributed by atoms with van der Waals surface area (Å²) in [5.41, 5.74) is 0. The summed E-state index contributed by atoms with van der Waals surface area (Å²) in [7, 11) is 1.88. The molecule has 4 nitrogen and oxygen atoms in total. The molecule has 0 aromatic carbocycles. The number of aliphatic hydroxyl groups excluding tert-OH is 1. The van der Waals surface area contributed by atoms with E-state index < -0.39 is 0 Å². The van der Waals surface area contributed by atoms with Crippen LogP contribution in [0.2, 0.25) is 0 Å². The van der Waals surface area contributed by atoms with Gasteiger partial charge in [0.2, 0.25) is 5.91 Å². The third-order valence-corrected chi connectivity index (χ3v) is 3.26. The lowest BCUT2D eigenvalue weighted by Gasteiger charge is -2.21. The third kappa shape index (κ3) is 3.18. The molecule has 86 valence electrons. The lowest BCUT2D eigenvalue weighted by Crippen LogP contribution is -2.38. The number of likely N-dealkylation sites (N-methyl/N-ethyl adjacent to an activating group) is 1. The Morgan fingerprint density at radius 2 is 2.20 bits per heavy atom. The number of rotatable bonds is 4. The van der Waals surface area contributed by atoms with Crippen molar-refractivity contribution < 1.29 is 9.90 Å². The largest absolute Gasteiger partial charge is 0.392 e. The number of likely N-dealkylation sites (tertiary alicyclic amines) is 1. The second kappa shape index (κ2) is 4.49. The fourth-order valence-corrected chi connectivity index (χ4v) is 2.06. The Hall–Kier alpha value is -0.610. The van der Waals surface area contributed by atoms with Crippen LogP contribution in [0.1, 0.15) is 19.3 Å². The highest BCUT2D eigenvalue weighted by molar-refractivity contribution is 5.78. The number of carbonyl (C=O) groups is 1. The van der Waals surface area contributed by atoms with Gasteiger partial charge in [0.15, 0.2) is 0 Å². The molecule has 0 spiro atoms. The highest BCUT2D eigenvalue weighted by Gasteiger charge is 2.27. The van der Waals surface area contributed by atoms with Crippen molar-refractivity contribution in [1.29, 1.82) is 0 Å². The zero-order valence-corrected chi connectivity index (χ0v) is 9.35. The molecule has 0 aromatic heterocycles. The van der Waals surface area contributed by atoms with Crippen LogP contribution in [-0.2, 0) is 4.79 Å². The fourth-order valence-electron chi connectivity index (χ4n) is 2.06. The summed E-state index contributed by atoms with van der Waals surface area (Å²) >= 11 is 0. The number of aliphatic hydroxyl groups is 1. The van der Waals surface area contributed by atoms with Crippen molar-refractivity contribution in [3.05, 3.63) is 0 Å². The summed E-state index contributed by atoms with van der Waals surface area (Å²) in [6, 6.07) is 0. The molecule has 0 bridgehead atoms. The highest BCUT2D eigenvalue weighted by Crippen LogP contribution is 2.29. The molecule has 15 heavy (non-hydrogen) atoms. The molecule has 1 saturated heterocycles. The van der Waals surface area contributed by atoms with Crippen molar-refractivity contribution in [2.24, 2.45) is 5.92 Å². The summed E-state index contributed by atoms with van der Waals surface area (Å²) in [5.74, 6) is 0.944. The van der Waals surface area contributed by atoms with Crippen LogP contribution >= 0.6 is 0 Å². The van der Waals surface area contributed by atoms with Crippen molar-refractivity contribution >= 4 is 5.91 Å². The molecule has 1 atom stereocenters. The second-order valence-electron chi connectivity index (χ2n) is 4.90. The Kier molecular flexibility index (Phi) is 3.26. The molecular weight excluding hydrogens is 192 g/mol. The lowest BCUT2D eigenvalue weighted by molar-refractivity contribution is -0.131. The van der Waals surface area contributed by atoms with Gasteiger partial charge in [-0.1, -0.05) is 0 Å². The van der Waals surface area contributed by atoms with Gasteiger partial charge in [-0.25, -0.2) is 0 Å². The van der Waals surface area contributed by atoms with Crippen LogP contribution < -0.4 is 0 Å².